The van der Waals surface area contributed by atoms with Crippen molar-refractivity contribution >= 4 is 19.7 Å². The molecule has 2 aliphatic heterocycles. The first-order valence-electron chi connectivity index (χ1n) is 8.15. The van der Waals surface area contributed by atoms with Gasteiger partial charge in [-0.2, -0.15) is 0 Å². The fourth-order valence-corrected chi connectivity index (χ4v) is 8.57. The lowest BCUT2D eigenvalue weighted by Crippen LogP contribution is -2.48. The summed E-state index contributed by atoms with van der Waals surface area (Å²) in [6.45, 7) is 2.96. The Morgan fingerprint density at radius 1 is 1.12 bits per heavy atom. The van der Waals surface area contributed by atoms with Crippen molar-refractivity contribution in [3.8, 4) is 0 Å². The van der Waals surface area contributed by atoms with E-state index in [9.17, 15) is 21.2 Å². The Bertz CT molecular complexity index is 830. The van der Waals surface area contributed by atoms with Gasteiger partial charge in [0.1, 0.15) is 5.82 Å². The Hall–Kier alpha value is -0.990. The van der Waals surface area contributed by atoms with Gasteiger partial charge in [0.25, 0.3) is 0 Å². The molecule has 1 aromatic rings. The van der Waals surface area contributed by atoms with Crippen molar-refractivity contribution < 1.29 is 21.2 Å². The lowest BCUT2D eigenvalue weighted by Gasteiger charge is -2.34. The van der Waals surface area contributed by atoms with E-state index in [4.69, 9.17) is 0 Å². The van der Waals surface area contributed by atoms with Crippen LogP contribution in [0, 0.1) is 12.7 Å². The van der Waals surface area contributed by atoms with Crippen LogP contribution in [0.2, 0.25) is 0 Å². The van der Waals surface area contributed by atoms with E-state index < -0.39 is 36.8 Å². The highest BCUT2D eigenvalue weighted by atomic mass is 32.2. The molecule has 0 spiro atoms. The van der Waals surface area contributed by atoms with E-state index in [1.807, 2.05) is 4.90 Å². The number of sulfone groups is 2. The van der Waals surface area contributed by atoms with Crippen molar-refractivity contribution in [1.29, 1.82) is 0 Å². The van der Waals surface area contributed by atoms with E-state index in [1.54, 1.807) is 0 Å². The molecule has 0 aromatic heterocycles. The summed E-state index contributed by atoms with van der Waals surface area (Å²) in [4.78, 5) is 2.01. The Labute approximate surface area is 142 Å². The van der Waals surface area contributed by atoms with Crippen LogP contribution in [0.4, 0.5) is 4.39 Å². The number of halogens is 1. The predicted molar refractivity (Wildman–Crippen MR) is 90.0 cm³/mol. The third-order valence-electron chi connectivity index (χ3n) is 4.99. The molecule has 0 amide bonds. The second-order valence-corrected chi connectivity index (χ2v) is 11.1. The SMILES string of the molecule is Cc1cc(S(=O)(=O)C2CS(=O)(=O)CC2N2CCCCC2)ccc1F. The quantitative estimate of drug-likeness (QED) is 0.750. The minimum absolute atomic E-state index is 0.00510. The second-order valence-electron chi connectivity index (χ2n) is 6.74. The molecule has 0 bridgehead atoms. The normalized spacial score (nSPS) is 28.1. The van der Waals surface area contributed by atoms with Crippen LogP contribution in [0.3, 0.4) is 0 Å². The molecule has 2 unspecified atom stereocenters. The molecule has 0 aliphatic carbocycles. The van der Waals surface area contributed by atoms with Gasteiger partial charge in [0, 0.05) is 6.04 Å². The van der Waals surface area contributed by atoms with Gasteiger partial charge in [0.05, 0.1) is 21.7 Å². The number of hydrogen-bond donors (Lipinski definition) is 0. The third kappa shape index (κ3) is 3.36. The van der Waals surface area contributed by atoms with Crippen LogP contribution in [-0.2, 0) is 19.7 Å². The van der Waals surface area contributed by atoms with Gasteiger partial charge < -0.3 is 0 Å². The topological polar surface area (TPSA) is 71.5 Å². The van der Waals surface area contributed by atoms with Crippen molar-refractivity contribution in [3.63, 3.8) is 0 Å². The molecule has 2 atom stereocenters. The molecule has 8 heteroatoms. The van der Waals surface area contributed by atoms with Crippen molar-refractivity contribution in [2.24, 2.45) is 0 Å². The lowest BCUT2D eigenvalue weighted by molar-refractivity contribution is 0.178. The molecule has 2 aliphatic rings. The van der Waals surface area contributed by atoms with Crippen molar-refractivity contribution in [1.82, 2.24) is 4.90 Å². The summed E-state index contributed by atoms with van der Waals surface area (Å²) in [6.07, 6.45) is 3.00. The van der Waals surface area contributed by atoms with E-state index in [0.717, 1.165) is 38.4 Å². The number of aryl methyl sites for hydroxylation is 1. The molecular formula is C16H22FNO4S2. The minimum atomic E-state index is -3.84. The molecular weight excluding hydrogens is 353 g/mol. The fourth-order valence-electron chi connectivity index (χ4n) is 3.65. The largest absolute Gasteiger partial charge is 0.298 e. The van der Waals surface area contributed by atoms with Crippen LogP contribution < -0.4 is 0 Å². The average Bonchev–Trinajstić information content (AvgIpc) is 2.87. The van der Waals surface area contributed by atoms with Crippen molar-refractivity contribution in [3.05, 3.63) is 29.6 Å². The van der Waals surface area contributed by atoms with Crippen LogP contribution in [0.1, 0.15) is 24.8 Å². The summed E-state index contributed by atoms with van der Waals surface area (Å²) in [7, 11) is -7.23. The van der Waals surface area contributed by atoms with Gasteiger partial charge in [-0.25, -0.2) is 21.2 Å². The number of benzene rings is 1. The van der Waals surface area contributed by atoms with Gasteiger partial charge >= 0.3 is 0 Å². The van der Waals surface area contributed by atoms with Crippen LogP contribution in [0.25, 0.3) is 0 Å². The summed E-state index contributed by atoms with van der Waals surface area (Å²) < 4.78 is 63.8. The zero-order chi connectivity index (χ0) is 17.5. The average molecular weight is 375 g/mol. The minimum Gasteiger partial charge on any atom is -0.298 e. The zero-order valence-electron chi connectivity index (χ0n) is 13.6. The van der Waals surface area contributed by atoms with Crippen molar-refractivity contribution in [2.45, 2.75) is 42.4 Å². The molecule has 0 N–H and O–H groups in total. The molecule has 134 valence electrons. The predicted octanol–water partition coefficient (Wildman–Crippen LogP) is 1.56. The smallest absolute Gasteiger partial charge is 0.183 e. The monoisotopic (exact) mass is 375 g/mol. The van der Waals surface area contributed by atoms with Gasteiger partial charge in [-0.15, -0.1) is 0 Å². The molecule has 1 aromatic carbocycles. The summed E-state index contributed by atoms with van der Waals surface area (Å²) in [5, 5.41) is -0.981. The molecule has 2 saturated heterocycles. The first kappa shape index (κ1) is 17.8. The summed E-state index contributed by atoms with van der Waals surface area (Å²) in [6, 6.07) is 3.14. The summed E-state index contributed by atoms with van der Waals surface area (Å²) in [5.74, 6) is -0.940. The Kier molecular flexibility index (Phi) is 4.74. The number of nitrogens with zero attached hydrogens (tertiary/aromatic N) is 1. The molecule has 24 heavy (non-hydrogen) atoms. The fraction of sp³-hybridized carbons (Fsp3) is 0.625. The van der Waals surface area contributed by atoms with E-state index in [1.165, 1.54) is 19.1 Å². The molecule has 0 saturated carbocycles. The number of hydrogen-bond acceptors (Lipinski definition) is 5. The number of piperidine rings is 1. The standard InChI is InChI=1S/C16H22FNO4S2/c1-12-9-13(5-6-14(12)17)24(21,22)16-11-23(19,20)10-15(16)18-7-3-2-4-8-18/h5-6,9,15-16H,2-4,7-8,10-11H2,1H3. The second kappa shape index (κ2) is 6.38. The highest BCUT2D eigenvalue weighted by molar-refractivity contribution is 7.96. The van der Waals surface area contributed by atoms with Gasteiger partial charge in [-0.1, -0.05) is 6.42 Å². The maximum Gasteiger partial charge on any atom is 0.183 e. The first-order chi connectivity index (χ1) is 11.2. The maximum atomic E-state index is 13.5. The highest BCUT2D eigenvalue weighted by Crippen LogP contribution is 2.31. The van der Waals surface area contributed by atoms with E-state index >= 15 is 0 Å². The van der Waals surface area contributed by atoms with Gasteiger partial charge in [0.2, 0.25) is 0 Å². The zero-order valence-corrected chi connectivity index (χ0v) is 15.2. The molecule has 5 nitrogen and oxygen atoms in total. The first-order valence-corrected chi connectivity index (χ1v) is 11.5. The van der Waals surface area contributed by atoms with Crippen LogP contribution in [0.15, 0.2) is 23.1 Å². The molecule has 0 radical (unpaired) electrons. The van der Waals surface area contributed by atoms with E-state index in [2.05, 4.69) is 0 Å². The highest BCUT2D eigenvalue weighted by Gasteiger charge is 2.48. The van der Waals surface area contributed by atoms with Crippen molar-refractivity contribution in [2.75, 3.05) is 24.6 Å². The van der Waals surface area contributed by atoms with Gasteiger partial charge in [0.15, 0.2) is 19.7 Å². The number of rotatable bonds is 3. The third-order valence-corrected chi connectivity index (χ3v) is 9.10. The van der Waals surface area contributed by atoms with Crippen LogP contribution in [0.5, 0.6) is 0 Å². The molecule has 2 heterocycles. The summed E-state index contributed by atoms with van der Waals surface area (Å²) >= 11 is 0. The van der Waals surface area contributed by atoms with Gasteiger partial charge in [-0.05, 0) is 56.6 Å². The van der Waals surface area contributed by atoms with Gasteiger partial charge in [-0.3, -0.25) is 4.90 Å². The van der Waals surface area contributed by atoms with Crippen LogP contribution >= 0.6 is 0 Å². The Morgan fingerprint density at radius 3 is 2.42 bits per heavy atom. The Morgan fingerprint density at radius 2 is 1.79 bits per heavy atom. The van der Waals surface area contributed by atoms with E-state index in [0.29, 0.717) is 0 Å². The van der Waals surface area contributed by atoms with E-state index in [-0.39, 0.29) is 22.0 Å². The lowest BCUT2D eigenvalue weighted by atomic mass is 10.1. The molecule has 3 rings (SSSR count). The summed E-state index contributed by atoms with van der Waals surface area (Å²) in [5.41, 5.74) is 0.242. The molecule has 2 fully saturated rings. The van der Waals surface area contributed by atoms with Crippen LogP contribution in [-0.4, -0.2) is 57.6 Å². The maximum absolute atomic E-state index is 13.5. The Balaban J connectivity index is 1.98. The number of likely N-dealkylation sites (tertiary alicyclic amines) is 1.